The molecular weight excluding hydrogens is 1190 g/mol. The number of carbonyl (C=O) groups excluding carboxylic acids is 14. The molecule has 0 aromatic heterocycles. The van der Waals surface area contributed by atoms with Gasteiger partial charge in [-0.2, -0.15) is 28.8 Å². The van der Waals surface area contributed by atoms with Crippen molar-refractivity contribution < 1.29 is 76.6 Å². The number of benzene rings is 1. The maximum atomic E-state index is 14.1. The molecule has 1 rings (SSSR count). The van der Waals surface area contributed by atoms with E-state index in [1.54, 1.807) is 41.5 Å². The van der Waals surface area contributed by atoms with Gasteiger partial charge in [-0.1, -0.05) is 116 Å². The number of ketones is 2. The molecular formula is C65H106BrN5O16. The molecule has 0 aliphatic heterocycles. The first kappa shape index (κ1) is 85.0. The number of carbonyl (C=O) groups is 8. The Hall–Kier alpha value is -6.20. The van der Waals surface area contributed by atoms with Gasteiger partial charge in [-0.3, -0.25) is 28.8 Å². The van der Waals surface area contributed by atoms with Crippen molar-refractivity contribution in [3.63, 3.8) is 0 Å². The molecule has 1 aromatic rings. The number of ether oxygens (including phenoxy) is 2. The average Bonchev–Trinajstić information content (AvgIpc) is 3.57. The molecule has 21 nitrogen and oxygen atoms in total. The second-order valence-corrected chi connectivity index (χ2v) is 28.0. The summed E-state index contributed by atoms with van der Waals surface area (Å²) >= 11 is 3.44. The van der Waals surface area contributed by atoms with E-state index in [4.69, 9.17) is 38.2 Å². The fourth-order valence-corrected chi connectivity index (χ4v) is 9.13. The predicted molar refractivity (Wildman–Crippen MR) is 331 cm³/mol. The Balaban J connectivity index is -0.00000734. The third-order valence-corrected chi connectivity index (χ3v) is 14.2. The van der Waals surface area contributed by atoms with Crippen LogP contribution in [-0.4, -0.2) is 109 Å². The van der Waals surface area contributed by atoms with E-state index >= 15 is 0 Å². The molecule has 0 unspecified atom stereocenters. The normalized spacial score (nSPS) is 12.6. The molecule has 0 heterocycles. The maximum absolute atomic E-state index is 14.1. The van der Waals surface area contributed by atoms with Crippen LogP contribution in [-0.2, 0) is 78.2 Å². The largest absolute Gasteiger partial charge is 0.454 e. The van der Waals surface area contributed by atoms with Gasteiger partial charge in [-0.15, -0.1) is 0 Å². The van der Waals surface area contributed by atoms with Gasteiger partial charge in [0.05, 0.1) is 6.04 Å². The van der Waals surface area contributed by atoms with E-state index in [1.165, 1.54) is 0 Å². The maximum Gasteiger partial charge on any atom is 0.407 e. The summed E-state index contributed by atoms with van der Waals surface area (Å²) in [6.45, 7) is 31.1. The third kappa shape index (κ3) is 50.5. The number of hydrogen-bond donors (Lipinski definition) is 5. The number of aryl methyl sites for hydroxylation is 1. The predicted octanol–water partition coefficient (Wildman–Crippen LogP) is 10.6. The summed E-state index contributed by atoms with van der Waals surface area (Å²) in [4.78, 5) is 154. The first-order chi connectivity index (χ1) is 40.3. The highest BCUT2D eigenvalue weighted by molar-refractivity contribution is 9.10. The molecule has 0 aliphatic carbocycles. The lowest BCUT2D eigenvalue weighted by Gasteiger charge is -2.35. The Kier molecular flexibility index (Phi) is 44.9. The van der Waals surface area contributed by atoms with Crippen LogP contribution in [0.5, 0.6) is 0 Å². The van der Waals surface area contributed by atoms with E-state index in [0.29, 0.717) is 90.3 Å². The van der Waals surface area contributed by atoms with E-state index in [9.17, 15) is 38.4 Å². The summed E-state index contributed by atoms with van der Waals surface area (Å²) in [7, 11) is 0. The fourth-order valence-electron chi connectivity index (χ4n) is 8.86. The van der Waals surface area contributed by atoms with E-state index in [-0.39, 0.29) is 89.4 Å². The standard InChI is InChI=1S/C62H106BrN5O10.3CO2/c1-58(2,3)38-37-46(59(4,5)6)43-53(72)68-50(60(7,8)9)35-36-52(71)65-39-22-18-16-17-19-28-48(69)42-45(27-20-23-41-66-57(76)78-62(13,14)15)55(74)67-49(54(73)56(75)77-61(10,11)12)29-21-24-40-64-51(70)30-25-26-44-31-33-47(63)34-32-44;3*2-1-3/h31-34,45-46,49-50H,16-30,35-43H2,1-15H3,(H,64,70)(H,65,71)(H,66,76)(H,67,74)(H,68,72);;;/t45-,46-,49+,50+;;;/m1.../s1. The van der Waals surface area contributed by atoms with E-state index in [0.717, 1.165) is 55.0 Å². The number of halogens is 1. The number of Topliss-reactive ketones (excluding diaryl/α,β-unsaturated/α-hetero) is 2. The molecule has 0 aliphatic rings. The minimum Gasteiger partial charge on any atom is -0.454 e. The van der Waals surface area contributed by atoms with Crippen molar-refractivity contribution in [2.75, 3.05) is 19.6 Å². The molecule has 494 valence electrons. The van der Waals surface area contributed by atoms with Gasteiger partial charge >= 0.3 is 30.5 Å². The van der Waals surface area contributed by atoms with Crippen molar-refractivity contribution in [3.8, 4) is 0 Å². The summed E-state index contributed by atoms with van der Waals surface area (Å²) in [5, 5.41) is 14.8. The van der Waals surface area contributed by atoms with E-state index < -0.39 is 46.9 Å². The van der Waals surface area contributed by atoms with Gasteiger partial charge in [0.15, 0.2) is 0 Å². The molecule has 0 radical (unpaired) electrons. The van der Waals surface area contributed by atoms with Gasteiger partial charge in [-0.05, 0) is 158 Å². The molecule has 22 heteroatoms. The van der Waals surface area contributed by atoms with Gasteiger partial charge in [0, 0.05) is 68.2 Å². The minimum absolute atomic E-state index is 0.00345. The summed E-state index contributed by atoms with van der Waals surface area (Å²) in [6, 6.07) is 6.65. The van der Waals surface area contributed by atoms with E-state index in [1.807, 2.05) is 24.3 Å². The van der Waals surface area contributed by atoms with Crippen LogP contribution in [0, 0.1) is 28.1 Å². The van der Waals surface area contributed by atoms with Crippen LogP contribution in [0.3, 0.4) is 0 Å². The lowest BCUT2D eigenvalue weighted by atomic mass is 9.73. The Bertz CT molecular complexity index is 2280. The lowest BCUT2D eigenvalue weighted by molar-refractivity contribution is -0.193. The number of amides is 5. The second-order valence-electron chi connectivity index (χ2n) is 27.1. The molecule has 0 bridgehead atoms. The van der Waals surface area contributed by atoms with Crippen LogP contribution in [0.25, 0.3) is 0 Å². The van der Waals surface area contributed by atoms with Gasteiger partial charge in [-0.25, -0.2) is 9.59 Å². The fraction of sp³-hybridized carbons (Fsp3) is 0.738. The van der Waals surface area contributed by atoms with Crippen molar-refractivity contribution in [2.45, 2.75) is 262 Å². The Labute approximate surface area is 526 Å². The van der Waals surface area contributed by atoms with Crippen molar-refractivity contribution in [2.24, 2.45) is 28.1 Å². The van der Waals surface area contributed by atoms with Crippen molar-refractivity contribution in [3.05, 3.63) is 34.3 Å². The average molecular weight is 1290 g/mol. The smallest absolute Gasteiger partial charge is 0.407 e. The van der Waals surface area contributed by atoms with Gasteiger partial charge in [0.25, 0.3) is 5.78 Å². The van der Waals surface area contributed by atoms with Gasteiger partial charge in [0.2, 0.25) is 23.6 Å². The quantitative estimate of drug-likeness (QED) is 0.0237. The first-order valence-corrected chi connectivity index (χ1v) is 31.2. The van der Waals surface area contributed by atoms with Gasteiger partial charge in [0.1, 0.15) is 17.0 Å². The number of nitrogens with one attached hydrogen (secondary N) is 5. The highest BCUT2D eigenvalue weighted by Crippen LogP contribution is 2.36. The highest BCUT2D eigenvalue weighted by atomic mass is 79.9. The molecule has 0 saturated heterocycles. The van der Waals surface area contributed by atoms with Crippen LogP contribution < -0.4 is 26.6 Å². The molecule has 0 spiro atoms. The number of esters is 1. The highest BCUT2D eigenvalue weighted by Gasteiger charge is 2.34. The number of rotatable bonds is 36. The molecule has 1 aromatic carbocycles. The summed E-state index contributed by atoms with van der Waals surface area (Å²) in [6.07, 6.45) is 11.9. The minimum atomic E-state index is -1.20. The topological polar surface area (TPSA) is 318 Å². The first-order valence-electron chi connectivity index (χ1n) is 30.4. The molecule has 4 atom stereocenters. The summed E-state index contributed by atoms with van der Waals surface area (Å²) in [5.41, 5.74) is -0.468. The van der Waals surface area contributed by atoms with Crippen LogP contribution >= 0.6 is 15.9 Å². The lowest BCUT2D eigenvalue weighted by Crippen LogP contribution is -2.48. The van der Waals surface area contributed by atoms with Crippen LogP contribution in [0.1, 0.15) is 238 Å². The second kappa shape index (κ2) is 46.0. The van der Waals surface area contributed by atoms with Crippen molar-refractivity contribution >= 4 is 81.6 Å². The number of unbranched alkanes of at least 4 members (excludes halogenated alkanes) is 6. The molecule has 87 heavy (non-hydrogen) atoms. The Morgan fingerprint density at radius 2 is 0.977 bits per heavy atom. The molecule has 5 N–H and O–H groups in total. The number of hydrogen-bond acceptors (Lipinski definition) is 16. The van der Waals surface area contributed by atoms with Crippen LogP contribution in [0.4, 0.5) is 4.79 Å². The van der Waals surface area contributed by atoms with Crippen molar-refractivity contribution in [1.82, 2.24) is 26.6 Å². The molecule has 0 fully saturated rings. The third-order valence-electron chi connectivity index (χ3n) is 13.6. The zero-order chi connectivity index (χ0) is 67.5. The van der Waals surface area contributed by atoms with Gasteiger partial charge < -0.3 is 36.1 Å². The van der Waals surface area contributed by atoms with Crippen molar-refractivity contribution in [1.29, 1.82) is 0 Å². The van der Waals surface area contributed by atoms with Crippen LogP contribution in [0.15, 0.2) is 28.7 Å². The molecule has 0 saturated carbocycles. The Morgan fingerprint density at radius 3 is 1.48 bits per heavy atom. The summed E-state index contributed by atoms with van der Waals surface area (Å²) in [5.74, 6) is -3.16. The number of alkyl carbamates (subject to hydrolysis) is 1. The monoisotopic (exact) mass is 1290 g/mol. The Morgan fingerprint density at radius 1 is 0.494 bits per heavy atom. The summed E-state index contributed by atoms with van der Waals surface area (Å²) < 4.78 is 11.7. The van der Waals surface area contributed by atoms with E-state index in [2.05, 4.69) is 105 Å². The molecule has 5 amide bonds. The zero-order valence-corrected chi connectivity index (χ0v) is 56.6. The SMILES string of the molecule is CC(C)(C)CC[C@H](CC(=O)N[C@@H](CCC(=O)NCCCCCCCC(=O)C[C@@H](CCCCNC(=O)OC(C)(C)C)C(=O)N[C@@H](CCCCNC(=O)CCCc1ccc(Br)cc1)C(=O)C(=O)OC(C)(C)C)C(C)(C)C)C(C)(C)C.O=C=O.O=C=O.O=C=O. The zero-order valence-electron chi connectivity index (χ0n) is 55.0. The van der Waals surface area contributed by atoms with Crippen LogP contribution in [0.2, 0.25) is 0 Å².